The summed E-state index contributed by atoms with van der Waals surface area (Å²) in [5.74, 6) is 0.818. The van der Waals surface area contributed by atoms with Crippen molar-refractivity contribution in [2.45, 2.75) is 18.6 Å². The number of hydrogen-bond donors (Lipinski definition) is 1. The number of aliphatic hydroxyl groups is 1. The minimum absolute atomic E-state index is 0.203. The molecule has 3 aromatic rings. The lowest BCUT2D eigenvalue weighted by Crippen LogP contribution is -2.31. The van der Waals surface area contributed by atoms with Gasteiger partial charge in [-0.25, -0.2) is 0 Å². The molecular weight excluding hydrogens is 318 g/mol. The van der Waals surface area contributed by atoms with E-state index in [1.54, 1.807) is 18.1 Å². The molecule has 1 aliphatic rings. The molecular formula is C20H19NO4. The average Bonchev–Trinajstić information content (AvgIpc) is 3.24. The number of hydrogen-bond acceptors (Lipinski definition) is 4. The van der Waals surface area contributed by atoms with Gasteiger partial charge in [-0.05, 0) is 36.2 Å². The predicted octanol–water partition coefficient (Wildman–Crippen LogP) is 3.39. The van der Waals surface area contributed by atoms with Gasteiger partial charge in [-0.2, -0.15) is 0 Å². The van der Waals surface area contributed by atoms with Crippen molar-refractivity contribution in [2.24, 2.45) is 0 Å². The maximum Gasteiger partial charge on any atom is 0.290 e. The van der Waals surface area contributed by atoms with Gasteiger partial charge in [0.1, 0.15) is 11.3 Å². The second-order valence-corrected chi connectivity index (χ2v) is 6.29. The van der Waals surface area contributed by atoms with Gasteiger partial charge in [-0.15, -0.1) is 0 Å². The van der Waals surface area contributed by atoms with E-state index >= 15 is 0 Å². The maximum absolute atomic E-state index is 13.0. The van der Waals surface area contributed by atoms with Gasteiger partial charge in [0.2, 0.25) is 0 Å². The van der Waals surface area contributed by atoms with Crippen LogP contribution in [0.4, 0.5) is 0 Å². The number of rotatable bonds is 3. The molecule has 128 valence electrons. The number of nitrogens with zero attached hydrogens (tertiary/aromatic N) is 1. The number of benzene rings is 2. The molecule has 25 heavy (non-hydrogen) atoms. The number of ether oxygens (including phenoxy) is 1. The summed E-state index contributed by atoms with van der Waals surface area (Å²) in [6, 6.07) is 16.7. The van der Waals surface area contributed by atoms with Gasteiger partial charge in [-0.3, -0.25) is 4.79 Å². The fourth-order valence-electron chi connectivity index (χ4n) is 3.43. The molecule has 0 aliphatic carbocycles. The highest BCUT2D eigenvalue weighted by atomic mass is 16.5. The van der Waals surface area contributed by atoms with E-state index in [4.69, 9.17) is 9.15 Å². The molecule has 5 nitrogen and oxygen atoms in total. The third kappa shape index (κ3) is 2.87. The van der Waals surface area contributed by atoms with Crippen LogP contribution in [-0.2, 0) is 0 Å². The molecule has 2 heterocycles. The quantitative estimate of drug-likeness (QED) is 0.796. The number of likely N-dealkylation sites (tertiary alicyclic amines) is 1. The summed E-state index contributed by atoms with van der Waals surface area (Å²) >= 11 is 0. The van der Waals surface area contributed by atoms with Crippen LogP contribution in [0.3, 0.4) is 0 Å². The van der Waals surface area contributed by atoms with Crippen LogP contribution >= 0.6 is 0 Å². The van der Waals surface area contributed by atoms with Gasteiger partial charge >= 0.3 is 0 Å². The summed E-state index contributed by atoms with van der Waals surface area (Å²) in [5, 5.41) is 11.0. The third-order valence-corrected chi connectivity index (χ3v) is 4.65. The first-order valence-electron chi connectivity index (χ1n) is 8.27. The van der Waals surface area contributed by atoms with Crippen LogP contribution in [-0.4, -0.2) is 35.7 Å². The largest absolute Gasteiger partial charge is 0.497 e. The minimum Gasteiger partial charge on any atom is -0.497 e. The van der Waals surface area contributed by atoms with Crippen LogP contribution in [0.25, 0.3) is 11.0 Å². The van der Waals surface area contributed by atoms with E-state index in [-0.39, 0.29) is 18.5 Å². The van der Waals surface area contributed by atoms with E-state index < -0.39 is 6.10 Å². The SMILES string of the molecule is COc1cccc([C@@H]2C[C@H](O)CN2C(=O)c2cc3ccccc3o2)c1. The number of carbonyl (C=O) groups is 1. The lowest BCUT2D eigenvalue weighted by atomic mass is 10.0. The number of furan rings is 1. The summed E-state index contributed by atoms with van der Waals surface area (Å²) in [7, 11) is 1.61. The Balaban J connectivity index is 1.67. The van der Waals surface area contributed by atoms with Crippen molar-refractivity contribution in [2.75, 3.05) is 13.7 Å². The van der Waals surface area contributed by atoms with Gasteiger partial charge in [0.25, 0.3) is 5.91 Å². The minimum atomic E-state index is -0.551. The van der Waals surface area contributed by atoms with E-state index in [2.05, 4.69) is 0 Å². The highest BCUT2D eigenvalue weighted by Gasteiger charge is 2.37. The summed E-state index contributed by atoms with van der Waals surface area (Å²) in [6.45, 7) is 0.289. The molecule has 1 amide bonds. The number of para-hydroxylation sites is 1. The molecule has 2 atom stereocenters. The van der Waals surface area contributed by atoms with E-state index in [0.717, 1.165) is 16.7 Å². The molecule has 1 aromatic heterocycles. The molecule has 0 saturated carbocycles. The van der Waals surface area contributed by atoms with E-state index in [9.17, 15) is 9.90 Å². The zero-order valence-electron chi connectivity index (χ0n) is 13.9. The highest BCUT2D eigenvalue weighted by molar-refractivity contribution is 5.96. The molecule has 1 N–H and O–H groups in total. The van der Waals surface area contributed by atoms with Crippen molar-refractivity contribution in [3.63, 3.8) is 0 Å². The molecule has 1 aliphatic heterocycles. The van der Waals surface area contributed by atoms with E-state index in [0.29, 0.717) is 17.8 Å². The fourth-order valence-corrected chi connectivity index (χ4v) is 3.43. The summed E-state index contributed by atoms with van der Waals surface area (Å²) in [5.41, 5.74) is 1.63. The number of aliphatic hydroxyl groups excluding tert-OH is 1. The van der Waals surface area contributed by atoms with Gasteiger partial charge < -0.3 is 19.2 Å². The molecule has 0 unspecified atom stereocenters. The lowest BCUT2D eigenvalue weighted by molar-refractivity contribution is 0.0686. The van der Waals surface area contributed by atoms with Gasteiger partial charge in [-0.1, -0.05) is 30.3 Å². The predicted molar refractivity (Wildman–Crippen MR) is 93.6 cm³/mol. The van der Waals surface area contributed by atoms with Crippen LogP contribution in [0.5, 0.6) is 5.75 Å². The number of fused-ring (bicyclic) bond motifs is 1. The Morgan fingerprint density at radius 3 is 2.84 bits per heavy atom. The van der Waals surface area contributed by atoms with Gasteiger partial charge in [0.15, 0.2) is 5.76 Å². The molecule has 5 heteroatoms. The van der Waals surface area contributed by atoms with Crippen LogP contribution in [0.2, 0.25) is 0 Å². The molecule has 4 rings (SSSR count). The number of carbonyl (C=O) groups excluding carboxylic acids is 1. The van der Waals surface area contributed by atoms with Crippen molar-refractivity contribution >= 4 is 16.9 Å². The molecule has 1 fully saturated rings. The Morgan fingerprint density at radius 1 is 1.20 bits per heavy atom. The Kier molecular flexibility index (Phi) is 3.93. The fraction of sp³-hybridized carbons (Fsp3) is 0.250. The van der Waals surface area contributed by atoms with Gasteiger partial charge in [0.05, 0.1) is 19.3 Å². The average molecular weight is 337 g/mol. The summed E-state index contributed by atoms with van der Waals surface area (Å²) in [4.78, 5) is 14.7. The van der Waals surface area contributed by atoms with Crippen LogP contribution in [0.15, 0.2) is 59.0 Å². The van der Waals surface area contributed by atoms with Crippen LogP contribution < -0.4 is 4.74 Å². The second-order valence-electron chi connectivity index (χ2n) is 6.29. The van der Waals surface area contributed by atoms with Crippen LogP contribution in [0.1, 0.15) is 28.6 Å². The second kappa shape index (κ2) is 6.26. The highest BCUT2D eigenvalue weighted by Crippen LogP contribution is 2.35. The summed E-state index contributed by atoms with van der Waals surface area (Å²) < 4.78 is 11.0. The number of methoxy groups -OCH3 is 1. The maximum atomic E-state index is 13.0. The van der Waals surface area contributed by atoms with E-state index in [1.807, 2.05) is 48.5 Å². The number of β-amino-alcohol motifs (C(OH)–C–C–N with tert-alkyl or cyclic N) is 1. The zero-order valence-corrected chi connectivity index (χ0v) is 13.9. The molecule has 1 saturated heterocycles. The molecule has 0 radical (unpaired) electrons. The third-order valence-electron chi connectivity index (χ3n) is 4.65. The Morgan fingerprint density at radius 2 is 2.04 bits per heavy atom. The monoisotopic (exact) mass is 337 g/mol. The number of amides is 1. The van der Waals surface area contributed by atoms with Crippen molar-refractivity contribution in [3.05, 3.63) is 65.9 Å². The van der Waals surface area contributed by atoms with Crippen molar-refractivity contribution in [3.8, 4) is 5.75 Å². The Labute approximate surface area is 145 Å². The normalized spacial score (nSPS) is 20.2. The van der Waals surface area contributed by atoms with Gasteiger partial charge in [0, 0.05) is 11.9 Å². The smallest absolute Gasteiger partial charge is 0.290 e. The first-order valence-corrected chi connectivity index (χ1v) is 8.27. The summed E-state index contributed by atoms with van der Waals surface area (Å²) in [6.07, 6.45) is -0.0522. The first kappa shape index (κ1) is 15.7. The molecule has 0 spiro atoms. The molecule has 0 bridgehead atoms. The first-order chi connectivity index (χ1) is 12.2. The van der Waals surface area contributed by atoms with Crippen LogP contribution in [0, 0.1) is 0 Å². The Hall–Kier alpha value is -2.79. The topological polar surface area (TPSA) is 62.9 Å². The standard InChI is InChI=1S/C20H19NO4/c1-24-16-7-4-6-13(9-16)17-11-15(22)12-21(17)20(23)19-10-14-5-2-3-8-18(14)25-19/h2-10,15,17,22H,11-12H2,1H3/t15-,17-/m0/s1. The van der Waals surface area contributed by atoms with Crippen molar-refractivity contribution < 1.29 is 19.1 Å². The van der Waals surface area contributed by atoms with Crippen molar-refractivity contribution in [1.29, 1.82) is 0 Å². The Bertz CT molecular complexity index is 884. The van der Waals surface area contributed by atoms with Crippen molar-refractivity contribution in [1.82, 2.24) is 4.90 Å². The molecule has 2 aromatic carbocycles. The lowest BCUT2D eigenvalue weighted by Gasteiger charge is -2.24. The zero-order chi connectivity index (χ0) is 17.4. The van der Waals surface area contributed by atoms with E-state index in [1.165, 1.54) is 0 Å².